The Morgan fingerprint density at radius 3 is 0.889 bits per heavy atom. The monoisotopic (exact) mass is 599 g/mol. The van der Waals surface area contributed by atoms with E-state index in [1.807, 2.05) is 0 Å². The molecule has 0 unspecified atom stereocenters. The van der Waals surface area contributed by atoms with Gasteiger partial charge in [0.25, 0.3) is 0 Å². The van der Waals surface area contributed by atoms with E-state index in [1.165, 1.54) is 103 Å². The summed E-state index contributed by atoms with van der Waals surface area (Å²) in [6.07, 6.45) is 21.8. The fourth-order valence-electron chi connectivity index (χ4n) is 3.02. The maximum atomic E-state index is 5.30. The SMILES string of the molecule is CCCCCCCCCC(C)(C)[S-].CCCCCCCCCC(C)(C)[S-].[Au]. The fourth-order valence-corrected chi connectivity index (χ4v) is 3.30. The van der Waals surface area contributed by atoms with Crippen LogP contribution in [-0.4, -0.2) is 9.49 Å². The summed E-state index contributed by atoms with van der Waals surface area (Å²) >= 11 is 10.6. The first-order valence-electron chi connectivity index (χ1n) is 11.5. The van der Waals surface area contributed by atoms with Crippen LogP contribution in [0.5, 0.6) is 0 Å². The van der Waals surface area contributed by atoms with Gasteiger partial charge in [-0.1, -0.05) is 144 Å². The number of unbranched alkanes of at least 4 members (excludes halogenated alkanes) is 12. The van der Waals surface area contributed by atoms with Gasteiger partial charge in [0.15, 0.2) is 0 Å². The van der Waals surface area contributed by atoms with Crippen molar-refractivity contribution in [2.45, 2.75) is 154 Å². The van der Waals surface area contributed by atoms with Crippen LogP contribution in [0.3, 0.4) is 0 Å². The van der Waals surface area contributed by atoms with Crippen molar-refractivity contribution >= 4 is 25.3 Å². The maximum Gasteiger partial charge on any atom is 0 e. The Balaban J connectivity index is -0.000000411. The zero-order chi connectivity index (χ0) is 20.3. The molecule has 0 amide bonds. The van der Waals surface area contributed by atoms with Crippen molar-refractivity contribution in [3.05, 3.63) is 0 Å². The molecule has 0 aromatic carbocycles. The molecule has 27 heavy (non-hydrogen) atoms. The van der Waals surface area contributed by atoms with E-state index in [4.69, 9.17) is 25.3 Å². The second-order valence-corrected chi connectivity index (χ2v) is 11.5. The Bertz CT molecular complexity index is 239. The Morgan fingerprint density at radius 2 is 0.667 bits per heavy atom. The van der Waals surface area contributed by atoms with Crippen molar-refractivity contribution in [3.8, 4) is 0 Å². The van der Waals surface area contributed by atoms with Crippen molar-refractivity contribution in [1.82, 2.24) is 0 Å². The molecule has 0 aliphatic rings. The third-order valence-corrected chi connectivity index (χ3v) is 5.17. The van der Waals surface area contributed by atoms with E-state index in [1.54, 1.807) is 0 Å². The average Bonchev–Trinajstić information content (AvgIpc) is 2.52. The number of rotatable bonds is 16. The molecule has 171 valence electrons. The minimum absolute atomic E-state index is 0. The average molecular weight is 600 g/mol. The Hall–Kier alpha value is 1.44. The van der Waals surface area contributed by atoms with E-state index in [9.17, 15) is 0 Å². The standard InChI is InChI=1S/2C12H26S.Au/c2*1-4-5-6-7-8-9-10-11-12(2,3)13;/h2*13H,4-11H2,1-3H3;/p-2. The number of hydrogen-bond donors (Lipinski definition) is 0. The zero-order valence-electron chi connectivity index (χ0n) is 19.4. The van der Waals surface area contributed by atoms with Crippen molar-refractivity contribution in [2.24, 2.45) is 0 Å². The van der Waals surface area contributed by atoms with Crippen molar-refractivity contribution < 1.29 is 22.4 Å². The summed E-state index contributed by atoms with van der Waals surface area (Å²) in [5, 5.41) is 0. The molecule has 0 saturated heterocycles. The van der Waals surface area contributed by atoms with Crippen LogP contribution in [0.25, 0.3) is 0 Å². The second kappa shape index (κ2) is 22.1. The topological polar surface area (TPSA) is 0 Å². The number of hydrogen-bond acceptors (Lipinski definition) is 2. The van der Waals surface area contributed by atoms with E-state index >= 15 is 0 Å². The van der Waals surface area contributed by atoms with Gasteiger partial charge in [-0.15, -0.1) is 0 Å². The normalized spacial score (nSPS) is 11.6. The summed E-state index contributed by atoms with van der Waals surface area (Å²) in [5.41, 5.74) is 0. The van der Waals surface area contributed by atoms with Gasteiger partial charge in [-0.2, -0.15) is 9.49 Å². The minimum Gasteiger partial charge on any atom is -0.786 e. The predicted octanol–water partition coefficient (Wildman–Crippen LogP) is 8.90. The van der Waals surface area contributed by atoms with Gasteiger partial charge in [-0.05, 0) is 0 Å². The van der Waals surface area contributed by atoms with Gasteiger partial charge in [0.05, 0.1) is 0 Å². The molecule has 0 aromatic rings. The van der Waals surface area contributed by atoms with Gasteiger partial charge >= 0.3 is 0 Å². The van der Waals surface area contributed by atoms with Crippen molar-refractivity contribution in [1.29, 1.82) is 0 Å². The van der Waals surface area contributed by atoms with Gasteiger partial charge < -0.3 is 25.3 Å². The summed E-state index contributed by atoms with van der Waals surface area (Å²) in [5.74, 6) is 0. The third kappa shape index (κ3) is 38.6. The van der Waals surface area contributed by atoms with Crippen LogP contribution < -0.4 is 0 Å². The third-order valence-electron chi connectivity index (χ3n) is 4.76. The first kappa shape index (κ1) is 33.1. The van der Waals surface area contributed by atoms with Crippen LogP contribution in [0.1, 0.15) is 144 Å². The summed E-state index contributed by atoms with van der Waals surface area (Å²) in [6, 6.07) is 0. The largest absolute Gasteiger partial charge is 0.786 e. The molecule has 0 N–H and O–H groups in total. The molecule has 0 aliphatic heterocycles. The van der Waals surface area contributed by atoms with Crippen LogP contribution >= 0.6 is 0 Å². The van der Waals surface area contributed by atoms with Crippen LogP contribution in [0.15, 0.2) is 0 Å². The summed E-state index contributed by atoms with van der Waals surface area (Å²) in [6.45, 7) is 13.1. The Kier molecular flexibility index (Phi) is 27.1. The van der Waals surface area contributed by atoms with Gasteiger partial charge in [0.2, 0.25) is 0 Å². The molecule has 3 heteroatoms. The quantitative estimate of drug-likeness (QED) is 0.0987. The molecule has 0 aromatic heterocycles. The molecule has 0 saturated carbocycles. The van der Waals surface area contributed by atoms with Crippen LogP contribution in [0, 0.1) is 0 Å². The second-order valence-electron chi connectivity index (χ2n) is 9.26. The smallest absolute Gasteiger partial charge is 0 e. The molecule has 0 spiro atoms. The molecular weight excluding hydrogens is 549 g/mol. The Labute approximate surface area is 200 Å². The zero-order valence-corrected chi connectivity index (χ0v) is 23.2. The fraction of sp³-hybridized carbons (Fsp3) is 1.00. The molecular formula is C24H50AuS2-2. The summed E-state index contributed by atoms with van der Waals surface area (Å²) in [4.78, 5) is 0. The van der Waals surface area contributed by atoms with Gasteiger partial charge in [0.1, 0.15) is 0 Å². The Morgan fingerprint density at radius 1 is 0.444 bits per heavy atom. The predicted molar refractivity (Wildman–Crippen MR) is 128 cm³/mol. The van der Waals surface area contributed by atoms with E-state index in [2.05, 4.69) is 41.5 Å². The molecule has 0 bridgehead atoms. The molecule has 0 fully saturated rings. The molecule has 0 atom stereocenters. The van der Waals surface area contributed by atoms with Crippen LogP contribution in [0.4, 0.5) is 0 Å². The van der Waals surface area contributed by atoms with E-state index in [-0.39, 0.29) is 31.9 Å². The molecule has 0 heterocycles. The van der Waals surface area contributed by atoms with Crippen molar-refractivity contribution in [3.63, 3.8) is 0 Å². The molecule has 1 radical (unpaired) electrons. The van der Waals surface area contributed by atoms with Gasteiger partial charge in [0, 0.05) is 22.4 Å². The molecule has 0 aliphatic carbocycles. The van der Waals surface area contributed by atoms with E-state index in [0.717, 1.165) is 0 Å². The van der Waals surface area contributed by atoms with E-state index < -0.39 is 0 Å². The van der Waals surface area contributed by atoms with Crippen molar-refractivity contribution in [2.75, 3.05) is 0 Å². The van der Waals surface area contributed by atoms with Crippen LogP contribution in [0.2, 0.25) is 0 Å². The molecule has 0 rings (SSSR count). The molecule has 0 nitrogen and oxygen atoms in total. The first-order valence-corrected chi connectivity index (χ1v) is 12.3. The van der Waals surface area contributed by atoms with E-state index in [0.29, 0.717) is 0 Å². The first-order chi connectivity index (χ1) is 12.1. The summed E-state index contributed by atoms with van der Waals surface area (Å²) < 4.78 is 0.257. The van der Waals surface area contributed by atoms with Crippen LogP contribution in [-0.2, 0) is 47.6 Å². The summed E-state index contributed by atoms with van der Waals surface area (Å²) in [7, 11) is 0. The van der Waals surface area contributed by atoms with Gasteiger partial charge in [-0.3, -0.25) is 0 Å². The van der Waals surface area contributed by atoms with Gasteiger partial charge in [-0.25, -0.2) is 0 Å². The minimum atomic E-state index is 0. The maximum absolute atomic E-state index is 5.30.